The third-order valence-electron chi connectivity index (χ3n) is 5.50. The molecule has 0 unspecified atom stereocenters. The van der Waals surface area contributed by atoms with Gasteiger partial charge in [0.2, 0.25) is 11.8 Å². The second-order valence-corrected chi connectivity index (χ2v) is 7.76. The summed E-state index contributed by atoms with van der Waals surface area (Å²) in [5, 5.41) is 2.93. The highest BCUT2D eigenvalue weighted by Crippen LogP contribution is 2.33. The lowest BCUT2D eigenvalue weighted by atomic mass is 10.1. The number of likely N-dealkylation sites (tertiary alicyclic amines) is 1. The van der Waals surface area contributed by atoms with Crippen molar-refractivity contribution in [2.45, 2.75) is 32.2 Å². The van der Waals surface area contributed by atoms with E-state index in [1.165, 1.54) is 0 Å². The molecular formula is C23H25N3O3. The van der Waals surface area contributed by atoms with Crippen molar-refractivity contribution in [3.8, 4) is 0 Å². The Morgan fingerprint density at radius 3 is 2.66 bits per heavy atom. The van der Waals surface area contributed by atoms with Crippen LogP contribution < -0.4 is 10.2 Å². The Morgan fingerprint density at radius 2 is 1.93 bits per heavy atom. The summed E-state index contributed by atoms with van der Waals surface area (Å²) in [5.74, 6) is 0.0609. The fourth-order valence-electron chi connectivity index (χ4n) is 3.72. The second-order valence-electron chi connectivity index (χ2n) is 7.76. The molecular weight excluding hydrogens is 366 g/mol. The summed E-state index contributed by atoms with van der Waals surface area (Å²) in [4.78, 5) is 40.7. The molecule has 0 atom stereocenters. The van der Waals surface area contributed by atoms with E-state index in [0.29, 0.717) is 29.9 Å². The quantitative estimate of drug-likeness (QED) is 0.820. The van der Waals surface area contributed by atoms with E-state index in [1.54, 1.807) is 30.1 Å². The lowest BCUT2D eigenvalue weighted by Gasteiger charge is -2.20. The summed E-state index contributed by atoms with van der Waals surface area (Å²) < 4.78 is 0. The molecule has 6 heteroatoms. The van der Waals surface area contributed by atoms with Gasteiger partial charge in [-0.2, -0.15) is 0 Å². The minimum absolute atomic E-state index is 0.0579. The largest absolute Gasteiger partial charge is 0.338 e. The summed E-state index contributed by atoms with van der Waals surface area (Å²) in [6.07, 6.45) is 3.35. The topological polar surface area (TPSA) is 69.7 Å². The van der Waals surface area contributed by atoms with Gasteiger partial charge in [0.1, 0.15) is 0 Å². The molecule has 1 N–H and O–H groups in total. The maximum Gasteiger partial charge on any atom is 0.257 e. The number of carbonyl (C=O) groups excluding carboxylic acids is 3. The number of rotatable bonds is 6. The standard InChI is InChI=1S/C23H25N3O3/c1-25(23(29)17-11-12-17)20-9-3-2-8-19(20)22(28)24-18-7-4-6-16(14-18)15-26-13-5-10-21(26)27/h2-4,6-9,14,17H,5,10-13,15H2,1H3,(H,24,28). The van der Waals surface area contributed by atoms with Gasteiger partial charge in [-0.15, -0.1) is 0 Å². The van der Waals surface area contributed by atoms with E-state index in [9.17, 15) is 14.4 Å². The van der Waals surface area contributed by atoms with E-state index in [-0.39, 0.29) is 23.6 Å². The second kappa shape index (κ2) is 8.07. The van der Waals surface area contributed by atoms with Crippen LogP contribution in [0, 0.1) is 5.92 Å². The smallest absolute Gasteiger partial charge is 0.257 e. The van der Waals surface area contributed by atoms with Crippen molar-refractivity contribution >= 4 is 29.1 Å². The van der Waals surface area contributed by atoms with E-state index < -0.39 is 0 Å². The number of para-hydroxylation sites is 1. The molecule has 6 nitrogen and oxygen atoms in total. The van der Waals surface area contributed by atoms with Crippen LogP contribution in [0.4, 0.5) is 11.4 Å². The maximum atomic E-state index is 12.9. The first-order valence-electron chi connectivity index (χ1n) is 10.1. The lowest BCUT2D eigenvalue weighted by molar-refractivity contribution is -0.128. The van der Waals surface area contributed by atoms with Crippen molar-refractivity contribution < 1.29 is 14.4 Å². The Kier molecular flexibility index (Phi) is 5.34. The number of amides is 3. The third kappa shape index (κ3) is 4.31. The first kappa shape index (κ1) is 19.2. The molecule has 1 saturated heterocycles. The van der Waals surface area contributed by atoms with Gasteiger partial charge in [-0.3, -0.25) is 14.4 Å². The van der Waals surface area contributed by atoms with E-state index in [2.05, 4.69) is 5.32 Å². The van der Waals surface area contributed by atoms with Crippen LogP contribution >= 0.6 is 0 Å². The number of anilines is 2. The number of benzene rings is 2. The molecule has 1 aliphatic carbocycles. The van der Waals surface area contributed by atoms with Crippen LogP contribution in [-0.4, -0.2) is 36.2 Å². The molecule has 2 aliphatic rings. The molecule has 4 rings (SSSR count). The molecule has 0 aromatic heterocycles. The molecule has 1 saturated carbocycles. The molecule has 2 fully saturated rings. The molecule has 0 bridgehead atoms. The number of nitrogens with zero attached hydrogens (tertiary/aromatic N) is 2. The summed E-state index contributed by atoms with van der Waals surface area (Å²) in [5.41, 5.74) is 2.72. The van der Waals surface area contributed by atoms with Gasteiger partial charge < -0.3 is 15.1 Å². The van der Waals surface area contributed by atoms with Gasteiger partial charge in [0, 0.05) is 38.2 Å². The van der Waals surface area contributed by atoms with Crippen molar-refractivity contribution in [1.82, 2.24) is 4.90 Å². The molecule has 29 heavy (non-hydrogen) atoms. The highest BCUT2D eigenvalue weighted by molar-refractivity contribution is 6.10. The van der Waals surface area contributed by atoms with Crippen LogP contribution in [-0.2, 0) is 16.1 Å². The first-order valence-corrected chi connectivity index (χ1v) is 10.1. The molecule has 2 aromatic carbocycles. The van der Waals surface area contributed by atoms with Crippen molar-refractivity contribution in [2.24, 2.45) is 5.92 Å². The fraction of sp³-hybridized carbons (Fsp3) is 0.348. The van der Waals surface area contributed by atoms with E-state index in [1.807, 2.05) is 35.2 Å². The van der Waals surface area contributed by atoms with Crippen LogP contribution in [0.2, 0.25) is 0 Å². The Hall–Kier alpha value is -3.15. The van der Waals surface area contributed by atoms with Gasteiger partial charge in [-0.25, -0.2) is 0 Å². The lowest BCUT2D eigenvalue weighted by Crippen LogP contribution is -2.30. The summed E-state index contributed by atoms with van der Waals surface area (Å²) in [7, 11) is 1.72. The molecule has 0 radical (unpaired) electrons. The zero-order valence-corrected chi connectivity index (χ0v) is 16.6. The van der Waals surface area contributed by atoms with Crippen molar-refractivity contribution in [1.29, 1.82) is 0 Å². The van der Waals surface area contributed by atoms with E-state index >= 15 is 0 Å². The normalized spacial score (nSPS) is 16.0. The van der Waals surface area contributed by atoms with Crippen molar-refractivity contribution in [2.75, 3.05) is 23.8 Å². The zero-order chi connectivity index (χ0) is 20.4. The molecule has 1 heterocycles. The van der Waals surface area contributed by atoms with Crippen molar-refractivity contribution in [3.63, 3.8) is 0 Å². The van der Waals surface area contributed by atoms with Crippen LogP contribution in [0.1, 0.15) is 41.6 Å². The van der Waals surface area contributed by atoms with Crippen LogP contribution in [0.3, 0.4) is 0 Å². The number of hydrogen-bond donors (Lipinski definition) is 1. The Labute approximate surface area is 170 Å². The first-order chi connectivity index (χ1) is 14.0. The maximum absolute atomic E-state index is 12.9. The molecule has 3 amide bonds. The summed E-state index contributed by atoms with van der Waals surface area (Å²) in [6.45, 7) is 1.34. The van der Waals surface area contributed by atoms with Crippen LogP contribution in [0.15, 0.2) is 48.5 Å². The molecule has 2 aromatic rings. The predicted molar refractivity (Wildman–Crippen MR) is 112 cm³/mol. The van der Waals surface area contributed by atoms with Crippen LogP contribution in [0.5, 0.6) is 0 Å². The van der Waals surface area contributed by atoms with Gasteiger partial charge in [0.25, 0.3) is 5.91 Å². The molecule has 150 valence electrons. The van der Waals surface area contributed by atoms with E-state index in [0.717, 1.165) is 31.4 Å². The highest BCUT2D eigenvalue weighted by Gasteiger charge is 2.33. The van der Waals surface area contributed by atoms with Gasteiger partial charge in [0.15, 0.2) is 0 Å². The zero-order valence-electron chi connectivity index (χ0n) is 16.6. The minimum Gasteiger partial charge on any atom is -0.338 e. The summed E-state index contributed by atoms with van der Waals surface area (Å²) >= 11 is 0. The predicted octanol–water partition coefficient (Wildman–Crippen LogP) is 3.43. The van der Waals surface area contributed by atoms with Gasteiger partial charge in [0.05, 0.1) is 11.3 Å². The Morgan fingerprint density at radius 1 is 1.14 bits per heavy atom. The minimum atomic E-state index is -0.259. The van der Waals surface area contributed by atoms with Gasteiger partial charge in [-0.1, -0.05) is 24.3 Å². The molecule has 1 aliphatic heterocycles. The van der Waals surface area contributed by atoms with E-state index in [4.69, 9.17) is 0 Å². The average molecular weight is 391 g/mol. The average Bonchev–Trinajstić information content (AvgIpc) is 3.50. The SMILES string of the molecule is CN(C(=O)C1CC1)c1ccccc1C(=O)Nc1cccc(CN2CCCC2=O)c1. The number of nitrogens with one attached hydrogen (secondary N) is 1. The molecule has 0 spiro atoms. The monoisotopic (exact) mass is 391 g/mol. The number of carbonyl (C=O) groups is 3. The van der Waals surface area contributed by atoms with Gasteiger partial charge >= 0.3 is 0 Å². The Balaban J connectivity index is 1.49. The third-order valence-corrected chi connectivity index (χ3v) is 5.50. The number of hydrogen-bond acceptors (Lipinski definition) is 3. The van der Waals surface area contributed by atoms with Gasteiger partial charge in [-0.05, 0) is 49.1 Å². The Bertz CT molecular complexity index is 952. The highest BCUT2D eigenvalue weighted by atomic mass is 16.2. The van der Waals surface area contributed by atoms with Crippen LogP contribution in [0.25, 0.3) is 0 Å². The fourth-order valence-corrected chi connectivity index (χ4v) is 3.72. The van der Waals surface area contributed by atoms with Crippen molar-refractivity contribution in [3.05, 3.63) is 59.7 Å². The summed E-state index contributed by atoms with van der Waals surface area (Å²) in [6, 6.07) is 14.7.